The van der Waals surface area contributed by atoms with Crippen molar-refractivity contribution in [3.8, 4) is 5.75 Å². The maximum Gasteiger partial charge on any atom is 0.125 e. The average Bonchev–Trinajstić information content (AvgIpc) is 2.42. The predicted molar refractivity (Wildman–Crippen MR) is 83.4 cm³/mol. The zero-order valence-corrected chi connectivity index (χ0v) is 13.4. The lowest BCUT2D eigenvalue weighted by atomic mass is 9.48. The Morgan fingerprint density at radius 3 is 2.10 bits per heavy atom. The monoisotopic (exact) mass is 286 g/mol. The van der Waals surface area contributed by atoms with Gasteiger partial charge in [-0.3, -0.25) is 0 Å². The fourth-order valence-corrected chi connectivity index (χ4v) is 5.91. The molecule has 0 radical (unpaired) electrons. The molecule has 1 aromatic rings. The molecule has 0 saturated heterocycles. The van der Waals surface area contributed by atoms with Crippen LogP contribution in [0, 0.1) is 37.5 Å². The minimum atomic E-state index is -0.656. The molecular formula is C19H26O2. The molecular weight excluding hydrogens is 260 g/mol. The summed E-state index contributed by atoms with van der Waals surface area (Å²) in [6.45, 7) is 4.23. The van der Waals surface area contributed by atoms with Gasteiger partial charge < -0.3 is 9.84 Å². The first kappa shape index (κ1) is 13.6. The number of aryl methyl sites for hydroxylation is 2. The first-order valence-corrected chi connectivity index (χ1v) is 8.40. The Morgan fingerprint density at radius 2 is 1.57 bits per heavy atom. The molecule has 0 amide bonds. The second-order valence-electron chi connectivity index (χ2n) is 7.79. The number of hydrogen-bond donors (Lipinski definition) is 1. The van der Waals surface area contributed by atoms with Gasteiger partial charge in [-0.05, 0) is 86.8 Å². The van der Waals surface area contributed by atoms with Gasteiger partial charge in [-0.25, -0.2) is 0 Å². The summed E-state index contributed by atoms with van der Waals surface area (Å²) in [6.07, 6.45) is 6.24. The van der Waals surface area contributed by atoms with Crippen molar-refractivity contribution in [2.24, 2.45) is 23.7 Å². The Hall–Kier alpha value is -1.02. The number of benzene rings is 1. The number of rotatable bonds is 2. The molecule has 4 aliphatic carbocycles. The summed E-state index contributed by atoms with van der Waals surface area (Å²) < 4.78 is 5.67. The lowest BCUT2D eigenvalue weighted by molar-refractivity contribution is -0.180. The summed E-state index contributed by atoms with van der Waals surface area (Å²) in [5.41, 5.74) is 2.84. The molecule has 1 N–H and O–H groups in total. The Balaban J connectivity index is 1.86. The topological polar surface area (TPSA) is 29.5 Å². The van der Waals surface area contributed by atoms with Gasteiger partial charge in [-0.2, -0.15) is 0 Å². The molecule has 4 saturated carbocycles. The highest BCUT2D eigenvalue weighted by Gasteiger charge is 2.58. The summed E-state index contributed by atoms with van der Waals surface area (Å²) in [4.78, 5) is 0. The molecule has 0 spiro atoms. The van der Waals surface area contributed by atoms with Crippen LogP contribution in [0.15, 0.2) is 12.1 Å². The Labute approximate surface area is 127 Å². The van der Waals surface area contributed by atoms with Crippen molar-refractivity contribution in [2.75, 3.05) is 7.11 Å². The standard InChI is InChI=1S/C19H26O2/c1-11-4-12(2)18(17(5-11)21-3)19(20)15-7-13-6-14(9-15)10-16(19)8-13/h4-5,13-16,20H,6-10H2,1-3H3. The van der Waals surface area contributed by atoms with Gasteiger partial charge in [-0.1, -0.05) is 6.07 Å². The van der Waals surface area contributed by atoms with E-state index in [0.717, 1.165) is 23.1 Å². The normalized spacial score (nSPS) is 40.6. The lowest BCUT2D eigenvalue weighted by Gasteiger charge is -2.59. The fraction of sp³-hybridized carbons (Fsp3) is 0.684. The van der Waals surface area contributed by atoms with Gasteiger partial charge in [0.05, 0.1) is 12.7 Å². The zero-order chi connectivity index (χ0) is 14.8. The first-order valence-electron chi connectivity index (χ1n) is 8.40. The van der Waals surface area contributed by atoms with E-state index < -0.39 is 5.60 Å². The Bertz CT molecular complexity index is 547. The third kappa shape index (κ3) is 1.81. The number of methoxy groups -OCH3 is 1. The molecule has 114 valence electrons. The van der Waals surface area contributed by atoms with Crippen molar-refractivity contribution in [3.63, 3.8) is 0 Å². The van der Waals surface area contributed by atoms with Gasteiger partial charge in [0.15, 0.2) is 0 Å². The molecule has 0 heterocycles. The zero-order valence-electron chi connectivity index (χ0n) is 13.4. The summed E-state index contributed by atoms with van der Waals surface area (Å²) in [5.74, 6) is 3.49. The van der Waals surface area contributed by atoms with Crippen LogP contribution in [-0.2, 0) is 5.60 Å². The smallest absolute Gasteiger partial charge is 0.125 e. The first-order chi connectivity index (χ1) is 10.0. The number of hydrogen-bond acceptors (Lipinski definition) is 2. The number of aliphatic hydroxyl groups is 1. The van der Waals surface area contributed by atoms with Gasteiger partial charge in [0.1, 0.15) is 5.75 Å². The van der Waals surface area contributed by atoms with Crippen LogP contribution >= 0.6 is 0 Å². The second-order valence-corrected chi connectivity index (χ2v) is 7.79. The lowest BCUT2D eigenvalue weighted by Crippen LogP contribution is -2.55. The molecule has 4 aliphatic rings. The quantitative estimate of drug-likeness (QED) is 0.892. The summed E-state index contributed by atoms with van der Waals surface area (Å²) in [5, 5.41) is 11.8. The van der Waals surface area contributed by atoms with Crippen molar-refractivity contribution in [2.45, 2.75) is 51.6 Å². The highest BCUT2D eigenvalue weighted by molar-refractivity contribution is 5.48. The van der Waals surface area contributed by atoms with Gasteiger partial charge in [-0.15, -0.1) is 0 Å². The van der Waals surface area contributed by atoms with Crippen LogP contribution in [0.5, 0.6) is 5.75 Å². The third-order valence-electron chi connectivity index (χ3n) is 6.45. The largest absolute Gasteiger partial charge is 0.496 e. The van der Waals surface area contributed by atoms with Crippen LogP contribution in [0.2, 0.25) is 0 Å². The summed E-state index contributed by atoms with van der Waals surface area (Å²) in [6, 6.07) is 4.28. The molecule has 5 rings (SSSR count). The van der Waals surface area contributed by atoms with E-state index in [1.807, 2.05) is 0 Å². The third-order valence-corrected chi connectivity index (χ3v) is 6.45. The van der Waals surface area contributed by atoms with E-state index in [-0.39, 0.29) is 0 Å². The molecule has 4 bridgehead atoms. The van der Waals surface area contributed by atoms with Crippen molar-refractivity contribution >= 4 is 0 Å². The van der Waals surface area contributed by atoms with Crippen molar-refractivity contribution in [1.29, 1.82) is 0 Å². The van der Waals surface area contributed by atoms with Crippen LogP contribution < -0.4 is 4.74 Å². The number of ether oxygens (including phenoxy) is 1. The maximum absolute atomic E-state index is 11.8. The van der Waals surface area contributed by atoms with E-state index in [4.69, 9.17) is 4.74 Å². The van der Waals surface area contributed by atoms with E-state index in [0.29, 0.717) is 11.8 Å². The minimum absolute atomic E-state index is 0.434. The summed E-state index contributed by atoms with van der Waals surface area (Å²) in [7, 11) is 1.73. The Kier molecular flexibility index (Phi) is 2.91. The van der Waals surface area contributed by atoms with Crippen LogP contribution in [0.4, 0.5) is 0 Å². The van der Waals surface area contributed by atoms with Crippen molar-refractivity contribution in [1.82, 2.24) is 0 Å². The molecule has 4 fully saturated rings. The predicted octanol–water partition coefficient (Wildman–Crippen LogP) is 3.96. The SMILES string of the molecule is COc1cc(C)cc(C)c1C1(O)C2CC3CC(C2)CC1C3. The Morgan fingerprint density at radius 1 is 1.00 bits per heavy atom. The van der Waals surface area contributed by atoms with Gasteiger partial charge >= 0.3 is 0 Å². The van der Waals surface area contributed by atoms with Crippen LogP contribution in [0.3, 0.4) is 0 Å². The highest BCUT2D eigenvalue weighted by Crippen LogP contribution is 2.63. The van der Waals surface area contributed by atoms with E-state index in [9.17, 15) is 5.11 Å². The van der Waals surface area contributed by atoms with E-state index in [1.165, 1.54) is 43.2 Å². The minimum Gasteiger partial charge on any atom is -0.496 e. The van der Waals surface area contributed by atoms with Crippen molar-refractivity contribution in [3.05, 3.63) is 28.8 Å². The van der Waals surface area contributed by atoms with Gasteiger partial charge in [0, 0.05) is 5.56 Å². The molecule has 0 aliphatic heterocycles. The fourth-order valence-electron chi connectivity index (χ4n) is 5.91. The van der Waals surface area contributed by atoms with Gasteiger partial charge in [0.2, 0.25) is 0 Å². The highest BCUT2D eigenvalue weighted by atomic mass is 16.5. The van der Waals surface area contributed by atoms with E-state index >= 15 is 0 Å². The molecule has 0 atom stereocenters. The van der Waals surface area contributed by atoms with Crippen LogP contribution in [-0.4, -0.2) is 12.2 Å². The van der Waals surface area contributed by atoms with Crippen molar-refractivity contribution < 1.29 is 9.84 Å². The second kappa shape index (κ2) is 4.49. The molecule has 0 unspecified atom stereocenters. The van der Waals surface area contributed by atoms with E-state index in [1.54, 1.807) is 7.11 Å². The average molecular weight is 286 g/mol. The van der Waals surface area contributed by atoms with Crippen LogP contribution in [0.25, 0.3) is 0 Å². The molecule has 0 aromatic heterocycles. The van der Waals surface area contributed by atoms with Crippen LogP contribution in [0.1, 0.15) is 48.8 Å². The summed E-state index contributed by atoms with van der Waals surface area (Å²) >= 11 is 0. The van der Waals surface area contributed by atoms with Gasteiger partial charge in [0.25, 0.3) is 0 Å². The molecule has 21 heavy (non-hydrogen) atoms. The molecule has 2 heteroatoms. The molecule has 1 aromatic carbocycles. The molecule has 2 nitrogen and oxygen atoms in total. The maximum atomic E-state index is 11.8. The van der Waals surface area contributed by atoms with E-state index in [2.05, 4.69) is 26.0 Å².